The van der Waals surface area contributed by atoms with E-state index in [1.54, 1.807) is 14.2 Å². The van der Waals surface area contributed by atoms with Gasteiger partial charge in [0.05, 0.1) is 19.7 Å². The van der Waals surface area contributed by atoms with Gasteiger partial charge in [-0.3, -0.25) is 4.79 Å². The third kappa shape index (κ3) is 4.68. The number of ether oxygens (including phenoxy) is 2. The molecule has 2 N–H and O–H groups in total. The summed E-state index contributed by atoms with van der Waals surface area (Å²) in [4.78, 5) is 21.1. The van der Waals surface area contributed by atoms with Gasteiger partial charge in [0.2, 0.25) is 0 Å². The minimum absolute atomic E-state index is 0.0992. The number of benzene rings is 2. The zero-order valence-corrected chi connectivity index (χ0v) is 17.5. The van der Waals surface area contributed by atoms with Gasteiger partial charge < -0.3 is 20.1 Å². The van der Waals surface area contributed by atoms with Crippen molar-refractivity contribution < 1.29 is 18.7 Å². The van der Waals surface area contributed by atoms with Gasteiger partial charge in [-0.05, 0) is 56.0 Å². The molecule has 0 atom stereocenters. The lowest BCUT2D eigenvalue weighted by atomic mass is 9.91. The summed E-state index contributed by atoms with van der Waals surface area (Å²) >= 11 is 0. The summed E-state index contributed by atoms with van der Waals surface area (Å²) in [5.74, 6) is 1.48. The number of hydrogen-bond donors (Lipinski definition) is 2. The monoisotopic (exact) mass is 424 g/mol. The summed E-state index contributed by atoms with van der Waals surface area (Å²) in [6.07, 6.45) is 5.03. The normalized spacial score (nSPS) is 18.4. The summed E-state index contributed by atoms with van der Waals surface area (Å²) < 4.78 is 23.8. The molecule has 0 unspecified atom stereocenters. The SMILES string of the molecule is COc1cc2ncnc(NC3CCC(NC(=O)c4ccc(F)cc4)CC3)c2cc1OC. The van der Waals surface area contributed by atoms with Crippen LogP contribution in [0.4, 0.5) is 10.2 Å². The Morgan fingerprint density at radius 3 is 2.29 bits per heavy atom. The van der Waals surface area contributed by atoms with Crippen molar-refractivity contribution in [1.29, 1.82) is 0 Å². The summed E-state index contributed by atoms with van der Waals surface area (Å²) in [7, 11) is 3.19. The van der Waals surface area contributed by atoms with Gasteiger partial charge in [0, 0.05) is 29.1 Å². The smallest absolute Gasteiger partial charge is 0.251 e. The van der Waals surface area contributed by atoms with Crippen LogP contribution in [0.2, 0.25) is 0 Å². The first-order valence-corrected chi connectivity index (χ1v) is 10.3. The molecule has 1 saturated carbocycles. The van der Waals surface area contributed by atoms with Crippen molar-refractivity contribution in [1.82, 2.24) is 15.3 Å². The summed E-state index contributed by atoms with van der Waals surface area (Å²) in [6, 6.07) is 9.65. The summed E-state index contributed by atoms with van der Waals surface area (Å²) in [5.41, 5.74) is 1.24. The van der Waals surface area contributed by atoms with Gasteiger partial charge in [0.25, 0.3) is 5.91 Å². The average Bonchev–Trinajstić information content (AvgIpc) is 2.80. The van der Waals surface area contributed by atoms with Crippen molar-refractivity contribution in [2.24, 2.45) is 0 Å². The molecule has 2 aromatic carbocycles. The van der Waals surface area contributed by atoms with Gasteiger partial charge in [-0.2, -0.15) is 0 Å². The van der Waals surface area contributed by atoms with E-state index in [4.69, 9.17) is 9.47 Å². The average molecular weight is 424 g/mol. The lowest BCUT2D eigenvalue weighted by Crippen LogP contribution is -2.40. The second-order valence-corrected chi connectivity index (χ2v) is 7.62. The zero-order valence-electron chi connectivity index (χ0n) is 17.5. The predicted molar refractivity (Wildman–Crippen MR) is 116 cm³/mol. The van der Waals surface area contributed by atoms with E-state index in [0.717, 1.165) is 42.4 Å². The predicted octanol–water partition coefficient (Wildman–Crippen LogP) is 3.94. The Balaban J connectivity index is 1.39. The highest BCUT2D eigenvalue weighted by molar-refractivity contribution is 5.94. The number of hydrogen-bond acceptors (Lipinski definition) is 6. The zero-order chi connectivity index (χ0) is 21.8. The minimum Gasteiger partial charge on any atom is -0.493 e. The van der Waals surface area contributed by atoms with Gasteiger partial charge in [-0.1, -0.05) is 0 Å². The van der Waals surface area contributed by atoms with Crippen LogP contribution in [0.1, 0.15) is 36.0 Å². The number of methoxy groups -OCH3 is 2. The number of carbonyl (C=O) groups is 1. The van der Waals surface area contributed by atoms with E-state index in [9.17, 15) is 9.18 Å². The first kappa shape index (κ1) is 20.8. The van der Waals surface area contributed by atoms with Crippen LogP contribution in [0.3, 0.4) is 0 Å². The molecule has 4 rings (SSSR count). The molecule has 0 saturated heterocycles. The molecule has 7 nitrogen and oxygen atoms in total. The fourth-order valence-electron chi connectivity index (χ4n) is 3.94. The second kappa shape index (κ2) is 9.16. The Morgan fingerprint density at radius 1 is 0.968 bits per heavy atom. The van der Waals surface area contributed by atoms with Crippen LogP contribution < -0.4 is 20.1 Å². The molecule has 162 valence electrons. The van der Waals surface area contributed by atoms with E-state index in [1.807, 2.05) is 12.1 Å². The van der Waals surface area contributed by atoms with Crippen molar-refractivity contribution in [2.45, 2.75) is 37.8 Å². The Labute approximate surface area is 180 Å². The van der Waals surface area contributed by atoms with Crippen molar-refractivity contribution in [3.05, 3.63) is 54.1 Å². The molecule has 8 heteroatoms. The number of nitrogens with one attached hydrogen (secondary N) is 2. The largest absolute Gasteiger partial charge is 0.493 e. The van der Waals surface area contributed by atoms with E-state index >= 15 is 0 Å². The maximum atomic E-state index is 13.0. The molecule has 0 bridgehead atoms. The van der Waals surface area contributed by atoms with Crippen molar-refractivity contribution >= 4 is 22.6 Å². The Kier molecular flexibility index (Phi) is 6.16. The standard InChI is InChI=1S/C23H25FN4O3/c1-30-20-11-18-19(12-21(20)31-2)25-13-26-22(18)27-16-7-9-17(10-8-16)28-23(29)14-3-5-15(24)6-4-14/h3-6,11-13,16-17H,7-10H2,1-2H3,(H,28,29)(H,25,26,27). The Morgan fingerprint density at radius 2 is 1.61 bits per heavy atom. The number of nitrogens with zero attached hydrogens (tertiary/aromatic N) is 2. The van der Waals surface area contributed by atoms with Gasteiger partial charge >= 0.3 is 0 Å². The number of halogens is 1. The minimum atomic E-state index is -0.351. The maximum Gasteiger partial charge on any atom is 0.251 e. The fraction of sp³-hybridized carbons (Fsp3) is 0.348. The number of anilines is 1. The van der Waals surface area contributed by atoms with Crippen molar-refractivity contribution in [2.75, 3.05) is 19.5 Å². The van der Waals surface area contributed by atoms with E-state index in [2.05, 4.69) is 20.6 Å². The molecular formula is C23H25FN4O3. The molecule has 1 amide bonds. The van der Waals surface area contributed by atoms with Crippen LogP contribution in [-0.2, 0) is 0 Å². The first-order chi connectivity index (χ1) is 15.1. The highest BCUT2D eigenvalue weighted by Gasteiger charge is 2.24. The van der Waals surface area contributed by atoms with Gasteiger partial charge in [0.15, 0.2) is 11.5 Å². The number of carbonyl (C=O) groups excluding carboxylic acids is 1. The van der Waals surface area contributed by atoms with Crippen molar-refractivity contribution in [3.8, 4) is 11.5 Å². The maximum absolute atomic E-state index is 13.0. The number of fused-ring (bicyclic) bond motifs is 1. The molecule has 1 heterocycles. The lowest BCUT2D eigenvalue weighted by Gasteiger charge is -2.30. The van der Waals surface area contributed by atoms with Crippen LogP contribution in [-0.4, -0.2) is 42.2 Å². The number of rotatable bonds is 6. The number of amides is 1. The van der Waals surface area contributed by atoms with Crippen LogP contribution in [0.5, 0.6) is 11.5 Å². The summed E-state index contributed by atoms with van der Waals surface area (Å²) in [5, 5.41) is 7.44. The second-order valence-electron chi connectivity index (χ2n) is 7.62. The summed E-state index contributed by atoms with van der Waals surface area (Å²) in [6.45, 7) is 0. The van der Waals surface area contributed by atoms with Gasteiger partial charge in [-0.25, -0.2) is 14.4 Å². The third-order valence-electron chi connectivity index (χ3n) is 5.65. The first-order valence-electron chi connectivity index (χ1n) is 10.3. The van der Waals surface area contributed by atoms with Crippen LogP contribution in [0.25, 0.3) is 10.9 Å². The highest BCUT2D eigenvalue weighted by atomic mass is 19.1. The molecule has 1 aromatic heterocycles. The van der Waals surface area contributed by atoms with Crippen LogP contribution in [0, 0.1) is 5.82 Å². The van der Waals surface area contributed by atoms with E-state index in [-0.39, 0.29) is 23.8 Å². The molecular weight excluding hydrogens is 399 g/mol. The van der Waals surface area contributed by atoms with Crippen LogP contribution in [0.15, 0.2) is 42.7 Å². The Bertz CT molecular complexity index is 1070. The lowest BCUT2D eigenvalue weighted by molar-refractivity contribution is 0.0926. The van der Waals surface area contributed by atoms with Crippen LogP contribution >= 0.6 is 0 Å². The third-order valence-corrected chi connectivity index (χ3v) is 5.65. The Hall–Kier alpha value is -3.42. The molecule has 1 fully saturated rings. The molecule has 3 aromatic rings. The molecule has 0 aliphatic heterocycles. The molecule has 0 radical (unpaired) electrons. The van der Waals surface area contributed by atoms with E-state index in [1.165, 1.54) is 30.6 Å². The van der Waals surface area contributed by atoms with Gasteiger partial charge in [0.1, 0.15) is 18.0 Å². The van der Waals surface area contributed by atoms with Gasteiger partial charge in [-0.15, -0.1) is 0 Å². The van der Waals surface area contributed by atoms with E-state index < -0.39 is 0 Å². The fourth-order valence-corrected chi connectivity index (χ4v) is 3.94. The molecule has 1 aliphatic rings. The quantitative estimate of drug-likeness (QED) is 0.624. The topological polar surface area (TPSA) is 85.4 Å². The van der Waals surface area contributed by atoms with E-state index in [0.29, 0.717) is 17.1 Å². The van der Waals surface area contributed by atoms with Crippen molar-refractivity contribution in [3.63, 3.8) is 0 Å². The molecule has 1 aliphatic carbocycles. The number of aromatic nitrogens is 2. The molecule has 0 spiro atoms. The highest BCUT2D eigenvalue weighted by Crippen LogP contribution is 2.34. The molecule has 31 heavy (non-hydrogen) atoms.